The number of anilines is 1. The van der Waals surface area contributed by atoms with Crippen LogP contribution >= 0.6 is 0 Å². The van der Waals surface area contributed by atoms with Crippen LogP contribution in [0.15, 0.2) is 54.6 Å². The van der Waals surface area contributed by atoms with Crippen LogP contribution in [0.25, 0.3) is 0 Å². The summed E-state index contributed by atoms with van der Waals surface area (Å²) in [5.41, 5.74) is 0.943. The van der Waals surface area contributed by atoms with Crippen molar-refractivity contribution in [1.29, 1.82) is 0 Å². The molecule has 0 heterocycles. The van der Waals surface area contributed by atoms with Gasteiger partial charge in [0.1, 0.15) is 11.9 Å². The molecule has 1 N–H and O–H groups in total. The maximum Gasteiger partial charge on any atom is 0.242 e. The number of rotatable bonds is 11. The lowest BCUT2D eigenvalue weighted by Gasteiger charge is -2.32. The van der Waals surface area contributed by atoms with Crippen molar-refractivity contribution in [2.45, 2.75) is 58.5 Å². The second-order valence-corrected chi connectivity index (χ2v) is 11.6. The highest BCUT2D eigenvalue weighted by Crippen LogP contribution is 2.19. The van der Waals surface area contributed by atoms with E-state index in [4.69, 9.17) is 0 Å². The molecule has 0 spiro atoms. The maximum atomic E-state index is 13.3. The Hall–Kier alpha value is -2.94. The SMILES string of the molecule is C[C@H](C(=O)NC(C)(C)C)N(CCc1ccccc1)C(=O)CCCN(c1ccc(F)cc1)S(C)(=O)=O. The van der Waals surface area contributed by atoms with Gasteiger partial charge in [0.25, 0.3) is 0 Å². The van der Waals surface area contributed by atoms with E-state index in [1.165, 1.54) is 24.3 Å². The molecule has 0 unspecified atom stereocenters. The van der Waals surface area contributed by atoms with Crippen LogP contribution in [0.5, 0.6) is 0 Å². The second-order valence-electron chi connectivity index (χ2n) is 9.65. The van der Waals surface area contributed by atoms with Gasteiger partial charge in [-0.05, 0) is 70.4 Å². The zero-order chi connectivity index (χ0) is 26.2. The molecule has 1 atom stereocenters. The van der Waals surface area contributed by atoms with E-state index in [1.807, 2.05) is 51.1 Å². The number of benzene rings is 2. The Morgan fingerprint density at radius 3 is 2.14 bits per heavy atom. The Kier molecular flexibility index (Phi) is 9.82. The minimum Gasteiger partial charge on any atom is -0.350 e. The van der Waals surface area contributed by atoms with Crippen LogP contribution in [0.3, 0.4) is 0 Å². The van der Waals surface area contributed by atoms with Gasteiger partial charge in [-0.1, -0.05) is 30.3 Å². The van der Waals surface area contributed by atoms with Crippen LogP contribution < -0.4 is 9.62 Å². The van der Waals surface area contributed by atoms with Gasteiger partial charge in [0.05, 0.1) is 11.9 Å². The molecule has 2 amide bonds. The molecule has 35 heavy (non-hydrogen) atoms. The second kappa shape index (κ2) is 12.2. The smallest absolute Gasteiger partial charge is 0.242 e. The molecular weight excluding hydrogens is 469 g/mol. The van der Waals surface area contributed by atoms with Crippen LogP contribution in [0.1, 0.15) is 46.1 Å². The first kappa shape index (κ1) is 28.3. The Labute approximate surface area is 208 Å². The molecule has 0 saturated heterocycles. The van der Waals surface area contributed by atoms with Crippen LogP contribution in [-0.4, -0.2) is 56.1 Å². The van der Waals surface area contributed by atoms with Crippen molar-refractivity contribution < 1.29 is 22.4 Å². The third-order valence-corrected chi connectivity index (χ3v) is 6.61. The first-order valence-electron chi connectivity index (χ1n) is 11.7. The summed E-state index contributed by atoms with van der Waals surface area (Å²) in [6.45, 7) is 7.75. The van der Waals surface area contributed by atoms with Crippen molar-refractivity contribution in [3.8, 4) is 0 Å². The molecular formula is C26H36FN3O4S. The van der Waals surface area contributed by atoms with Gasteiger partial charge in [-0.15, -0.1) is 0 Å². The number of hydrogen-bond acceptors (Lipinski definition) is 4. The van der Waals surface area contributed by atoms with Crippen molar-refractivity contribution >= 4 is 27.5 Å². The molecule has 0 fully saturated rings. The first-order chi connectivity index (χ1) is 16.3. The van der Waals surface area contributed by atoms with E-state index in [1.54, 1.807) is 11.8 Å². The third kappa shape index (κ3) is 9.32. The normalized spacial score (nSPS) is 12.6. The van der Waals surface area contributed by atoms with E-state index in [0.29, 0.717) is 18.7 Å². The van der Waals surface area contributed by atoms with Crippen molar-refractivity contribution in [1.82, 2.24) is 10.2 Å². The molecule has 2 aromatic carbocycles. The lowest BCUT2D eigenvalue weighted by molar-refractivity contribution is -0.140. The number of halogens is 1. The molecule has 0 bridgehead atoms. The molecule has 2 rings (SSSR count). The van der Waals surface area contributed by atoms with E-state index in [2.05, 4.69) is 5.32 Å². The number of carbonyl (C=O) groups excluding carboxylic acids is 2. The molecule has 9 heteroatoms. The lowest BCUT2D eigenvalue weighted by Crippen LogP contribution is -2.53. The fourth-order valence-electron chi connectivity index (χ4n) is 3.66. The number of amides is 2. The van der Waals surface area contributed by atoms with Gasteiger partial charge in [0.15, 0.2) is 0 Å². The number of carbonyl (C=O) groups is 2. The van der Waals surface area contributed by atoms with Crippen molar-refractivity contribution in [3.05, 3.63) is 66.0 Å². The Morgan fingerprint density at radius 2 is 1.60 bits per heavy atom. The highest BCUT2D eigenvalue weighted by Gasteiger charge is 2.28. The van der Waals surface area contributed by atoms with Gasteiger partial charge in [0, 0.05) is 25.0 Å². The zero-order valence-corrected chi connectivity index (χ0v) is 21.9. The van der Waals surface area contributed by atoms with Crippen LogP contribution in [-0.2, 0) is 26.0 Å². The zero-order valence-electron chi connectivity index (χ0n) is 21.1. The maximum absolute atomic E-state index is 13.3. The monoisotopic (exact) mass is 505 g/mol. The van der Waals surface area contributed by atoms with Gasteiger partial charge in [-0.25, -0.2) is 12.8 Å². The standard InChI is InChI=1S/C26H36FN3O4S/c1-20(25(32)28-26(2,3)4)29(19-17-21-10-7-6-8-11-21)24(31)12-9-18-30(35(5,33)34)23-15-13-22(27)14-16-23/h6-8,10-11,13-16,20H,9,12,17-19H2,1-5H3,(H,28,32)/t20-/m1/s1. The summed E-state index contributed by atoms with van der Waals surface area (Å²) in [7, 11) is -3.62. The molecule has 0 saturated carbocycles. The first-order valence-corrected chi connectivity index (χ1v) is 13.5. The number of nitrogens with one attached hydrogen (secondary N) is 1. The molecule has 0 aliphatic heterocycles. The summed E-state index contributed by atoms with van der Waals surface area (Å²) in [5.74, 6) is -0.943. The molecule has 0 aromatic heterocycles. The average Bonchev–Trinajstić information content (AvgIpc) is 2.76. The third-order valence-electron chi connectivity index (χ3n) is 5.42. The van der Waals surface area contributed by atoms with Gasteiger partial charge in [-0.2, -0.15) is 0 Å². The Morgan fingerprint density at radius 1 is 1.00 bits per heavy atom. The topological polar surface area (TPSA) is 86.8 Å². The highest BCUT2D eigenvalue weighted by molar-refractivity contribution is 7.92. The summed E-state index contributed by atoms with van der Waals surface area (Å²) in [6.07, 6.45) is 1.97. The number of nitrogens with zero attached hydrogens (tertiary/aromatic N) is 2. The van der Waals surface area contributed by atoms with Gasteiger partial charge >= 0.3 is 0 Å². The van der Waals surface area contributed by atoms with Crippen LogP contribution in [0.2, 0.25) is 0 Å². The van der Waals surface area contributed by atoms with E-state index in [-0.39, 0.29) is 31.2 Å². The largest absolute Gasteiger partial charge is 0.350 e. The fraction of sp³-hybridized carbons (Fsp3) is 0.462. The summed E-state index contributed by atoms with van der Waals surface area (Å²) in [4.78, 5) is 27.6. The van der Waals surface area contributed by atoms with Gasteiger partial charge in [0.2, 0.25) is 21.8 Å². The van der Waals surface area contributed by atoms with Gasteiger partial charge < -0.3 is 10.2 Å². The Balaban J connectivity index is 2.12. The minimum absolute atomic E-state index is 0.0608. The molecule has 0 aliphatic carbocycles. The van der Waals surface area contributed by atoms with E-state index in [9.17, 15) is 22.4 Å². The summed E-state index contributed by atoms with van der Waals surface area (Å²) in [5, 5.41) is 2.92. The Bertz CT molecular complexity index is 1080. The molecule has 192 valence electrons. The number of sulfonamides is 1. The summed E-state index contributed by atoms with van der Waals surface area (Å²) in [6, 6.07) is 14.2. The van der Waals surface area contributed by atoms with Gasteiger partial charge in [-0.3, -0.25) is 13.9 Å². The summed E-state index contributed by atoms with van der Waals surface area (Å²) < 4.78 is 39.0. The fourth-order valence-corrected chi connectivity index (χ4v) is 4.62. The van der Waals surface area contributed by atoms with Crippen molar-refractivity contribution in [2.75, 3.05) is 23.7 Å². The van der Waals surface area contributed by atoms with Crippen LogP contribution in [0.4, 0.5) is 10.1 Å². The van der Waals surface area contributed by atoms with Crippen molar-refractivity contribution in [3.63, 3.8) is 0 Å². The van der Waals surface area contributed by atoms with E-state index < -0.39 is 27.4 Å². The highest BCUT2D eigenvalue weighted by atomic mass is 32.2. The van der Waals surface area contributed by atoms with Crippen LogP contribution in [0, 0.1) is 5.82 Å². The van der Waals surface area contributed by atoms with E-state index >= 15 is 0 Å². The predicted molar refractivity (Wildman–Crippen MR) is 137 cm³/mol. The lowest BCUT2D eigenvalue weighted by atomic mass is 10.1. The van der Waals surface area contributed by atoms with E-state index in [0.717, 1.165) is 16.1 Å². The van der Waals surface area contributed by atoms with Crippen molar-refractivity contribution in [2.24, 2.45) is 0 Å². The summed E-state index contributed by atoms with van der Waals surface area (Å²) >= 11 is 0. The minimum atomic E-state index is -3.62. The predicted octanol–water partition coefficient (Wildman–Crippen LogP) is 3.75. The molecule has 0 radical (unpaired) electrons. The molecule has 0 aliphatic rings. The molecule has 7 nitrogen and oxygen atoms in total. The molecule has 2 aromatic rings. The number of hydrogen-bond donors (Lipinski definition) is 1. The average molecular weight is 506 g/mol. The quantitative estimate of drug-likeness (QED) is 0.504.